The molecule has 0 bridgehead atoms. The Balaban J connectivity index is 1.52. The van der Waals surface area contributed by atoms with Gasteiger partial charge in [-0.15, -0.1) is 0 Å². The van der Waals surface area contributed by atoms with E-state index >= 15 is 0 Å². The van der Waals surface area contributed by atoms with E-state index in [0.717, 1.165) is 12.8 Å². The highest BCUT2D eigenvalue weighted by molar-refractivity contribution is 5.91. The molecule has 6 heteroatoms. The summed E-state index contributed by atoms with van der Waals surface area (Å²) in [5.41, 5.74) is 2.00. The van der Waals surface area contributed by atoms with E-state index in [1.54, 1.807) is 13.0 Å². The average molecular weight is 359 g/mol. The van der Waals surface area contributed by atoms with Crippen LogP contribution in [0.4, 0.5) is 0 Å². The fourth-order valence-electron chi connectivity index (χ4n) is 3.99. The van der Waals surface area contributed by atoms with Crippen LogP contribution in [0.1, 0.15) is 56.8 Å². The average Bonchev–Trinajstić information content (AvgIpc) is 2.91. The molecular weight excluding hydrogens is 330 g/mol. The van der Waals surface area contributed by atoms with Gasteiger partial charge in [-0.1, -0.05) is 30.7 Å². The predicted octanol–water partition coefficient (Wildman–Crippen LogP) is 2.94. The molecule has 1 aromatic heterocycles. The van der Waals surface area contributed by atoms with Gasteiger partial charge in [-0.2, -0.15) is 0 Å². The van der Waals surface area contributed by atoms with Crippen molar-refractivity contribution in [2.24, 2.45) is 17.3 Å². The Hall–Kier alpha value is -2.11. The quantitative estimate of drug-likeness (QED) is 0.839. The number of aromatic nitrogens is 1. The van der Waals surface area contributed by atoms with Crippen molar-refractivity contribution in [1.82, 2.24) is 15.4 Å². The SMILES string of the molecule is CC(C)=C[C@H]1[C@@H](C(=O)N2CCC(NC(=O)c3cc(C)no3)CC2)C1(C)C. The zero-order chi connectivity index (χ0) is 19.1. The van der Waals surface area contributed by atoms with Crippen molar-refractivity contribution >= 4 is 11.8 Å². The molecule has 2 fully saturated rings. The Morgan fingerprint density at radius 3 is 2.50 bits per heavy atom. The fraction of sp³-hybridized carbons (Fsp3) is 0.650. The molecule has 2 amide bonds. The highest BCUT2D eigenvalue weighted by Crippen LogP contribution is 2.60. The lowest BCUT2D eigenvalue weighted by molar-refractivity contribution is -0.134. The number of rotatable bonds is 4. The molecule has 1 aliphatic carbocycles. The molecule has 1 saturated heterocycles. The van der Waals surface area contributed by atoms with E-state index in [1.807, 2.05) is 4.90 Å². The zero-order valence-corrected chi connectivity index (χ0v) is 16.3. The maximum Gasteiger partial charge on any atom is 0.290 e. The van der Waals surface area contributed by atoms with Gasteiger partial charge in [-0.05, 0) is 44.9 Å². The van der Waals surface area contributed by atoms with Crippen molar-refractivity contribution in [3.63, 3.8) is 0 Å². The van der Waals surface area contributed by atoms with Crippen LogP contribution in [0.5, 0.6) is 0 Å². The Morgan fingerprint density at radius 2 is 1.96 bits per heavy atom. The molecule has 1 aliphatic heterocycles. The van der Waals surface area contributed by atoms with Crippen molar-refractivity contribution < 1.29 is 14.1 Å². The van der Waals surface area contributed by atoms with Gasteiger partial charge in [0.15, 0.2) is 0 Å². The molecule has 3 rings (SSSR count). The normalized spacial score (nSPS) is 24.9. The van der Waals surface area contributed by atoms with Crippen LogP contribution in [0, 0.1) is 24.2 Å². The summed E-state index contributed by atoms with van der Waals surface area (Å²) in [6, 6.07) is 1.70. The third kappa shape index (κ3) is 3.69. The molecule has 0 radical (unpaired) electrons. The lowest BCUT2D eigenvalue weighted by atomic mass is 10.0. The van der Waals surface area contributed by atoms with Crippen molar-refractivity contribution in [3.05, 3.63) is 29.2 Å². The minimum Gasteiger partial charge on any atom is -0.351 e. The van der Waals surface area contributed by atoms with Crippen LogP contribution in [0.2, 0.25) is 0 Å². The summed E-state index contributed by atoms with van der Waals surface area (Å²) in [4.78, 5) is 27.0. The highest BCUT2D eigenvalue weighted by Gasteiger charge is 2.61. The van der Waals surface area contributed by atoms with Gasteiger partial charge >= 0.3 is 0 Å². The molecule has 6 nitrogen and oxygen atoms in total. The van der Waals surface area contributed by atoms with Crippen molar-refractivity contribution in [3.8, 4) is 0 Å². The number of allylic oxidation sites excluding steroid dienone is 2. The second-order valence-electron chi connectivity index (χ2n) is 8.47. The smallest absolute Gasteiger partial charge is 0.290 e. The van der Waals surface area contributed by atoms with Gasteiger partial charge in [0.05, 0.1) is 11.6 Å². The summed E-state index contributed by atoms with van der Waals surface area (Å²) in [6.07, 6.45) is 3.77. The third-order valence-corrected chi connectivity index (χ3v) is 5.68. The van der Waals surface area contributed by atoms with E-state index in [-0.39, 0.29) is 34.9 Å². The van der Waals surface area contributed by atoms with E-state index in [0.29, 0.717) is 24.7 Å². The Morgan fingerprint density at radius 1 is 1.31 bits per heavy atom. The summed E-state index contributed by atoms with van der Waals surface area (Å²) in [7, 11) is 0. The first-order valence-electron chi connectivity index (χ1n) is 9.38. The van der Waals surface area contributed by atoms with Gasteiger partial charge in [-0.3, -0.25) is 9.59 Å². The second kappa shape index (κ2) is 6.89. The highest BCUT2D eigenvalue weighted by atomic mass is 16.5. The molecule has 2 atom stereocenters. The van der Waals surface area contributed by atoms with E-state index < -0.39 is 0 Å². The topological polar surface area (TPSA) is 75.4 Å². The second-order valence-corrected chi connectivity index (χ2v) is 8.47. The molecule has 2 heterocycles. The number of nitrogens with one attached hydrogen (secondary N) is 1. The van der Waals surface area contributed by atoms with Crippen molar-refractivity contribution in [2.45, 2.75) is 53.5 Å². The first-order valence-corrected chi connectivity index (χ1v) is 9.38. The van der Waals surface area contributed by atoms with Crippen molar-refractivity contribution in [2.75, 3.05) is 13.1 Å². The summed E-state index contributed by atoms with van der Waals surface area (Å²) >= 11 is 0. The number of hydrogen-bond acceptors (Lipinski definition) is 4. The monoisotopic (exact) mass is 359 g/mol. The number of hydrogen-bond donors (Lipinski definition) is 1. The lowest BCUT2D eigenvalue weighted by Gasteiger charge is -2.32. The molecule has 0 unspecified atom stereocenters. The van der Waals surface area contributed by atoms with Gasteiger partial charge in [0.1, 0.15) is 0 Å². The number of nitrogens with zero attached hydrogens (tertiary/aromatic N) is 2. The molecule has 26 heavy (non-hydrogen) atoms. The van der Waals surface area contributed by atoms with Crippen LogP contribution in [0.25, 0.3) is 0 Å². The van der Waals surface area contributed by atoms with Crippen LogP contribution >= 0.6 is 0 Å². The van der Waals surface area contributed by atoms with E-state index in [2.05, 4.69) is 44.2 Å². The number of likely N-dealkylation sites (tertiary alicyclic amines) is 1. The van der Waals surface area contributed by atoms with Crippen molar-refractivity contribution in [1.29, 1.82) is 0 Å². The first kappa shape index (κ1) is 18.7. The molecule has 1 saturated carbocycles. The number of amides is 2. The predicted molar refractivity (Wildman–Crippen MR) is 98.5 cm³/mol. The number of piperidine rings is 1. The van der Waals surface area contributed by atoms with E-state index in [1.165, 1.54) is 5.57 Å². The van der Waals surface area contributed by atoms with Crippen LogP contribution in [0.15, 0.2) is 22.2 Å². The Kier molecular flexibility index (Phi) is 4.95. The Labute approximate surface area is 155 Å². The van der Waals surface area contributed by atoms with Crippen LogP contribution < -0.4 is 5.32 Å². The maximum absolute atomic E-state index is 12.9. The summed E-state index contributed by atoms with van der Waals surface area (Å²) in [5, 5.41) is 6.72. The van der Waals surface area contributed by atoms with Gasteiger partial charge in [0, 0.05) is 25.2 Å². The first-order chi connectivity index (χ1) is 12.2. The fourth-order valence-corrected chi connectivity index (χ4v) is 3.99. The maximum atomic E-state index is 12.9. The zero-order valence-electron chi connectivity index (χ0n) is 16.3. The molecular formula is C20H29N3O3. The molecule has 0 aromatic carbocycles. The molecule has 0 spiro atoms. The number of aryl methyl sites for hydroxylation is 1. The number of carbonyl (C=O) groups is 2. The number of carbonyl (C=O) groups excluding carboxylic acids is 2. The summed E-state index contributed by atoms with van der Waals surface area (Å²) in [6.45, 7) is 11.7. The third-order valence-electron chi connectivity index (χ3n) is 5.68. The van der Waals surface area contributed by atoms with Gasteiger partial charge in [0.25, 0.3) is 5.91 Å². The van der Waals surface area contributed by atoms with Crippen LogP contribution in [-0.4, -0.2) is 41.0 Å². The largest absolute Gasteiger partial charge is 0.351 e. The molecule has 2 aliphatic rings. The summed E-state index contributed by atoms with van der Waals surface area (Å²) < 4.78 is 5.00. The molecule has 142 valence electrons. The minimum atomic E-state index is -0.234. The van der Waals surface area contributed by atoms with Gasteiger partial charge in [0.2, 0.25) is 11.7 Å². The molecule has 1 aromatic rings. The Bertz CT molecular complexity index is 722. The van der Waals surface area contributed by atoms with E-state index in [4.69, 9.17) is 4.52 Å². The summed E-state index contributed by atoms with van der Waals surface area (Å²) in [5.74, 6) is 0.689. The standard InChI is InChI=1S/C20H29N3O3/c1-12(2)10-15-17(20(15,4)5)19(25)23-8-6-14(7-9-23)21-18(24)16-11-13(3)22-26-16/h10-11,14-15,17H,6-9H2,1-5H3,(H,21,24)/t15-,17-/m0/s1. The van der Waals surface area contributed by atoms with Gasteiger partial charge < -0.3 is 14.7 Å². The lowest BCUT2D eigenvalue weighted by Crippen LogP contribution is -2.47. The molecule has 1 N–H and O–H groups in total. The minimum absolute atomic E-state index is 0.0452. The van der Waals surface area contributed by atoms with Crippen LogP contribution in [-0.2, 0) is 4.79 Å². The van der Waals surface area contributed by atoms with Crippen LogP contribution in [0.3, 0.4) is 0 Å². The van der Waals surface area contributed by atoms with Gasteiger partial charge in [-0.25, -0.2) is 0 Å². The van der Waals surface area contributed by atoms with E-state index in [9.17, 15) is 9.59 Å².